The number of hydrogen-bond acceptors (Lipinski definition) is 5. The van der Waals surface area contributed by atoms with Gasteiger partial charge >= 0.3 is 0 Å². The molecule has 1 aromatic carbocycles. The fraction of sp³-hybridized carbons (Fsp3) is 0.500. The van der Waals surface area contributed by atoms with E-state index in [9.17, 15) is 13.2 Å². The van der Waals surface area contributed by atoms with Crippen molar-refractivity contribution in [3.05, 3.63) is 23.8 Å². The van der Waals surface area contributed by atoms with Gasteiger partial charge in [0.15, 0.2) is 9.84 Å². The Bertz CT molecular complexity index is 626. The molecule has 116 valence electrons. The number of amides is 1. The van der Waals surface area contributed by atoms with Crippen molar-refractivity contribution in [2.75, 3.05) is 25.7 Å². The normalized spacial score (nSPS) is 20.0. The van der Waals surface area contributed by atoms with Crippen molar-refractivity contribution >= 4 is 15.7 Å². The Hall–Kier alpha value is -1.76. The number of carbonyl (C=O) groups excluding carboxylic acids is 1. The second kappa shape index (κ2) is 6.34. The summed E-state index contributed by atoms with van der Waals surface area (Å²) in [5.41, 5.74) is 0.704. The number of methoxy groups -OCH3 is 2. The molecule has 1 saturated heterocycles. The largest absolute Gasteiger partial charge is 0.497 e. The van der Waals surface area contributed by atoms with Gasteiger partial charge < -0.3 is 14.8 Å². The Morgan fingerprint density at radius 1 is 1.33 bits per heavy atom. The zero-order valence-corrected chi connectivity index (χ0v) is 12.9. The molecule has 1 aliphatic rings. The first-order chi connectivity index (χ1) is 9.93. The third kappa shape index (κ3) is 4.10. The molecule has 1 N–H and O–H groups in total. The van der Waals surface area contributed by atoms with Crippen LogP contribution in [0.2, 0.25) is 0 Å². The second-order valence-electron chi connectivity index (χ2n) is 5.02. The van der Waals surface area contributed by atoms with Gasteiger partial charge in [0.25, 0.3) is 0 Å². The lowest BCUT2D eigenvalue weighted by atomic mass is 10.1. The van der Waals surface area contributed by atoms with Crippen molar-refractivity contribution in [3.8, 4) is 11.5 Å². The molecular weight excluding hydrogens is 294 g/mol. The van der Waals surface area contributed by atoms with Crippen molar-refractivity contribution in [1.29, 1.82) is 0 Å². The number of hydrogen-bond donors (Lipinski definition) is 1. The molecule has 1 aromatic rings. The Morgan fingerprint density at radius 3 is 2.67 bits per heavy atom. The van der Waals surface area contributed by atoms with Crippen LogP contribution in [-0.2, 0) is 21.1 Å². The predicted molar refractivity (Wildman–Crippen MR) is 78.5 cm³/mol. The lowest BCUT2D eigenvalue weighted by Gasteiger charge is -2.13. The average Bonchev–Trinajstić information content (AvgIpc) is 2.77. The van der Waals surface area contributed by atoms with Gasteiger partial charge in [0.05, 0.1) is 32.1 Å². The maximum atomic E-state index is 12.0. The minimum absolute atomic E-state index is 0.0218. The summed E-state index contributed by atoms with van der Waals surface area (Å²) in [4.78, 5) is 12.0. The quantitative estimate of drug-likeness (QED) is 0.858. The van der Waals surface area contributed by atoms with E-state index in [0.29, 0.717) is 23.5 Å². The van der Waals surface area contributed by atoms with Crippen LogP contribution in [-0.4, -0.2) is 46.1 Å². The zero-order valence-electron chi connectivity index (χ0n) is 12.1. The summed E-state index contributed by atoms with van der Waals surface area (Å²) < 4.78 is 33.1. The number of rotatable bonds is 5. The minimum Gasteiger partial charge on any atom is -0.497 e. The summed E-state index contributed by atoms with van der Waals surface area (Å²) in [5, 5.41) is 2.76. The van der Waals surface area contributed by atoms with E-state index in [1.165, 1.54) is 7.11 Å². The summed E-state index contributed by atoms with van der Waals surface area (Å²) in [5.74, 6) is 1.18. The van der Waals surface area contributed by atoms with E-state index < -0.39 is 9.84 Å². The minimum atomic E-state index is -3.00. The lowest BCUT2D eigenvalue weighted by molar-refractivity contribution is -0.121. The SMILES string of the molecule is COc1ccc(OC)c(CC(=O)NC2CCS(=O)(=O)C2)c1. The highest BCUT2D eigenvalue weighted by Gasteiger charge is 2.29. The second-order valence-corrected chi connectivity index (χ2v) is 7.25. The van der Waals surface area contributed by atoms with E-state index in [-0.39, 0.29) is 29.9 Å². The van der Waals surface area contributed by atoms with Crippen molar-refractivity contribution in [2.24, 2.45) is 0 Å². The molecule has 0 bridgehead atoms. The molecule has 0 aliphatic carbocycles. The molecule has 7 heteroatoms. The van der Waals surface area contributed by atoms with Crippen LogP contribution in [0.5, 0.6) is 11.5 Å². The topological polar surface area (TPSA) is 81.7 Å². The highest BCUT2D eigenvalue weighted by Crippen LogP contribution is 2.24. The number of sulfone groups is 1. The van der Waals surface area contributed by atoms with E-state index in [1.807, 2.05) is 0 Å². The maximum absolute atomic E-state index is 12.0. The molecule has 1 unspecified atom stereocenters. The van der Waals surface area contributed by atoms with Crippen molar-refractivity contribution < 1.29 is 22.7 Å². The number of carbonyl (C=O) groups is 1. The summed E-state index contributed by atoms with van der Waals surface area (Å²) in [6.07, 6.45) is 0.597. The van der Waals surface area contributed by atoms with Crippen molar-refractivity contribution in [2.45, 2.75) is 18.9 Å². The molecule has 1 heterocycles. The van der Waals surface area contributed by atoms with Crippen LogP contribution < -0.4 is 14.8 Å². The first-order valence-electron chi connectivity index (χ1n) is 6.64. The van der Waals surface area contributed by atoms with Crippen LogP contribution in [0.25, 0.3) is 0 Å². The van der Waals surface area contributed by atoms with E-state index in [1.54, 1.807) is 25.3 Å². The van der Waals surface area contributed by atoms with E-state index >= 15 is 0 Å². The smallest absolute Gasteiger partial charge is 0.224 e. The van der Waals surface area contributed by atoms with Gasteiger partial charge in [0.2, 0.25) is 5.91 Å². The van der Waals surface area contributed by atoms with Crippen LogP contribution in [0, 0.1) is 0 Å². The average molecular weight is 313 g/mol. The van der Waals surface area contributed by atoms with E-state index in [0.717, 1.165) is 0 Å². The van der Waals surface area contributed by atoms with Crippen LogP contribution in [0.3, 0.4) is 0 Å². The van der Waals surface area contributed by atoms with Crippen molar-refractivity contribution in [1.82, 2.24) is 5.32 Å². The van der Waals surface area contributed by atoms with Crippen molar-refractivity contribution in [3.63, 3.8) is 0 Å². The Labute approximate surface area is 124 Å². The molecule has 0 aromatic heterocycles. The molecule has 21 heavy (non-hydrogen) atoms. The first kappa shape index (κ1) is 15.6. The number of nitrogens with one attached hydrogen (secondary N) is 1. The fourth-order valence-corrected chi connectivity index (χ4v) is 4.05. The van der Waals surface area contributed by atoms with Gasteiger partial charge in [-0.1, -0.05) is 0 Å². The molecule has 0 saturated carbocycles. The van der Waals surface area contributed by atoms with Gasteiger partial charge in [0.1, 0.15) is 11.5 Å². The lowest BCUT2D eigenvalue weighted by Crippen LogP contribution is -2.36. The molecule has 2 rings (SSSR count). The monoisotopic (exact) mass is 313 g/mol. The highest BCUT2D eigenvalue weighted by atomic mass is 32.2. The Morgan fingerprint density at radius 2 is 2.10 bits per heavy atom. The molecular formula is C14H19NO5S. The van der Waals surface area contributed by atoms with E-state index in [4.69, 9.17) is 9.47 Å². The molecule has 0 spiro atoms. The molecule has 1 amide bonds. The maximum Gasteiger partial charge on any atom is 0.224 e. The molecule has 6 nitrogen and oxygen atoms in total. The predicted octanol–water partition coefficient (Wildman–Crippen LogP) is 0.550. The summed E-state index contributed by atoms with van der Waals surface area (Å²) >= 11 is 0. The van der Waals surface area contributed by atoms with Gasteiger partial charge in [-0.25, -0.2) is 8.42 Å². The van der Waals surface area contributed by atoms with Gasteiger partial charge in [-0.3, -0.25) is 4.79 Å². The highest BCUT2D eigenvalue weighted by molar-refractivity contribution is 7.91. The number of ether oxygens (including phenoxy) is 2. The molecule has 0 radical (unpaired) electrons. The molecule has 1 fully saturated rings. The third-order valence-corrected chi connectivity index (χ3v) is 5.20. The summed E-state index contributed by atoms with van der Waals surface area (Å²) in [6, 6.07) is 4.94. The van der Waals surface area contributed by atoms with Gasteiger partial charge in [-0.2, -0.15) is 0 Å². The van der Waals surface area contributed by atoms with Crippen LogP contribution in [0.15, 0.2) is 18.2 Å². The number of benzene rings is 1. The third-order valence-electron chi connectivity index (χ3n) is 3.44. The van der Waals surface area contributed by atoms with Gasteiger partial charge in [-0.05, 0) is 24.6 Å². The standard InChI is InChI=1S/C14H19NO5S/c1-19-12-3-4-13(20-2)10(7-12)8-14(16)15-11-5-6-21(17,18)9-11/h3-4,7,11H,5-6,8-9H2,1-2H3,(H,15,16). The summed E-state index contributed by atoms with van der Waals surface area (Å²) in [6.45, 7) is 0. The zero-order chi connectivity index (χ0) is 15.5. The molecule has 1 atom stereocenters. The van der Waals surface area contributed by atoms with Gasteiger partial charge in [-0.15, -0.1) is 0 Å². The molecule has 1 aliphatic heterocycles. The van der Waals surface area contributed by atoms with E-state index in [2.05, 4.69) is 5.32 Å². The van der Waals surface area contributed by atoms with Crippen LogP contribution >= 0.6 is 0 Å². The Kier molecular flexibility index (Phi) is 4.72. The van der Waals surface area contributed by atoms with Crippen LogP contribution in [0.4, 0.5) is 0 Å². The first-order valence-corrected chi connectivity index (χ1v) is 8.46. The van der Waals surface area contributed by atoms with Crippen LogP contribution in [0.1, 0.15) is 12.0 Å². The van der Waals surface area contributed by atoms with Gasteiger partial charge in [0, 0.05) is 11.6 Å². The summed E-state index contributed by atoms with van der Waals surface area (Å²) in [7, 11) is 0.0883. The fourth-order valence-electron chi connectivity index (χ4n) is 2.38. The Balaban J connectivity index is 2.02.